The molecule has 0 fully saturated rings. The van der Waals surface area contributed by atoms with Crippen molar-refractivity contribution >= 4 is 27.4 Å². The van der Waals surface area contributed by atoms with Crippen LogP contribution >= 0.6 is 11.3 Å². The van der Waals surface area contributed by atoms with Crippen molar-refractivity contribution < 1.29 is 32.2 Å². The number of hydrogen-bond donors (Lipinski definition) is 2. The monoisotopic (exact) mass is 506 g/mol. The molecule has 0 aliphatic rings. The number of anilines is 1. The van der Waals surface area contributed by atoms with E-state index in [1.54, 1.807) is 31.3 Å². The molecular weight excluding hydrogens is 485 g/mol. The average Bonchev–Trinajstić information content (AvgIpc) is 3.33. The van der Waals surface area contributed by atoms with Gasteiger partial charge in [-0.2, -0.15) is 0 Å². The predicted octanol–water partition coefficient (Wildman–Crippen LogP) is 4.90. The quantitative estimate of drug-likeness (QED) is 0.312. The van der Waals surface area contributed by atoms with Crippen molar-refractivity contribution in [2.75, 3.05) is 18.5 Å². The summed E-state index contributed by atoms with van der Waals surface area (Å²) in [6.45, 7) is 2.07. The highest BCUT2D eigenvalue weighted by Gasteiger charge is 2.31. The molecule has 2 aromatic heterocycles. The number of nitrogens with one attached hydrogen (secondary N) is 1. The largest absolute Gasteiger partial charge is 0.573 e. The van der Waals surface area contributed by atoms with Crippen molar-refractivity contribution in [3.8, 4) is 11.5 Å². The molecule has 35 heavy (non-hydrogen) atoms. The van der Waals surface area contributed by atoms with E-state index >= 15 is 0 Å². The zero-order chi connectivity index (χ0) is 25.0. The van der Waals surface area contributed by atoms with Gasteiger partial charge in [0.15, 0.2) is 5.13 Å². The topological polar surface area (TPSA) is 93.8 Å². The van der Waals surface area contributed by atoms with Crippen molar-refractivity contribution in [2.24, 2.45) is 0 Å². The molecule has 2 N–H and O–H groups in total. The number of halogens is 3. The van der Waals surface area contributed by atoms with E-state index in [0.717, 1.165) is 0 Å². The van der Waals surface area contributed by atoms with Gasteiger partial charge in [-0.05, 0) is 42.3 Å². The standard InChI is InChI=1S/C24H21F3N2O5S/c1-14-19-7-6-18(32-13-16(30)12-29-23-28-8-9-35-23)11-21(19)33-22(31)20(14)10-15-2-4-17(5-3-15)34-24(25,26)27/h2-9,11,16,30H,10,12-13H2,1H3,(H,28,29). The fourth-order valence-electron chi connectivity index (χ4n) is 3.45. The lowest BCUT2D eigenvalue weighted by atomic mass is 9.99. The molecule has 0 bridgehead atoms. The number of aromatic nitrogens is 1. The number of thiazole rings is 1. The third-order valence-electron chi connectivity index (χ3n) is 5.16. The summed E-state index contributed by atoms with van der Waals surface area (Å²) in [5.74, 6) is 0.0986. The highest BCUT2D eigenvalue weighted by atomic mass is 32.1. The van der Waals surface area contributed by atoms with E-state index < -0.39 is 18.1 Å². The summed E-state index contributed by atoms with van der Waals surface area (Å²) in [6, 6.07) is 10.4. The Morgan fingerprint density at radius 2 is 1.91 bits per heavy atom. The Morgan fingerprint density at radius 3 is 2.60 bits per heavy atom. The number of aryl methyl sites for hydroxylation is 1. The summed E-state index contributed by atoms with van der Waals surface area (Å²) >= 11 is 1.42. The minimum absolute atomic E-state index is 0.0270. The van der Waals surface area contributed by atoms with Crippen LogP contribution in [0.1, 0.15) is 16.7 Å². The number of ether oxygens (including phenoxy) is 2. The average molecular weight is 507 g/mol. The molecule has 1 unspecified atom stereocenters. The lowest BCUT2D eigenvalue weighted by Gasteiger charge is -2.14. The number of fused-ring (bicyclic) bond motifs is 1. The maximum Gasteiger partial charge on any atom is 0.573 e. The fraction of sp³-hybridized carbons (Fsp3) is 0.250. The summed E-state index contributed by atoms with van der Waals surface area (Å²) in [6.07, 6.45) is -3.70. The van der Waals surface area contributed by atoms with Crippen LogP contribution in [-0.4, -0.2) is 35.7 Å². The third-order valence-corrected chi connectivity index (χ3v) is 5.89. The van der Waals surface area contributed by atoms with E-state index in [-0.39, 0.29) is 25.3 Å². The first-order valence-electron chi connectivity index (χ1n) is 10.5. The zero-order valence-electron chi connectivity index (χ0n) is 18.5. The van der Waals surface area contributed by atoms with Crippen LogP contribution in [0.15, 0.2) is 63.3 Å². The summed E-state index contributed by atoms with van der Waals surface area (Å²) < 4.78 is 52.0. The Hall–Kier alpha value is -3.57. The van der Waals surface area contributed by atoms with Gasteiger partial charge in [0.05, 0.1) is 0 Å². The van der Waals surface area contributed by atoms with Crippen molar-refractivity contribution in [1.82, 2.24) is 4.98 Å². The molecule has 7 nitrogen and oxygen atoms in total. The van der Waals surface area contributed by atoms with E-state index in [4.69, 9.17) is 9.15 Å². The van der Waals surface area contributed by atoms with Crippen LogP contribution in [0.2, 0.25) is 0 Å². The number of rotatable bonds is 9. The molecule has 1 atom stereocenters. The molecule has 2 heterocycles. The molecule has 0 saturated heterocycles. The zero-order valence-corrected chi connectivity index (χ0v) is 19.3. The van der Waals surface area contributed by atoms with Crippen LogP contribution in [0.5, 0.6) is 11.5 Å². The van der Waals surface area contributed by atoms with Gasteiger partial charge in [-0.15, -0.1) is 24.5 Å². The van der Waals surface area contributed by atoms with E-state index in [2.05, 4.69) is 15.0 Å². The van der Waals surface area contributed by atoms with Gasteiger partial charge in [-0.1, -0.05) is 12.1 Å². The molecule has 0 radical (unpaired) electrons. The summed E-state index contributed by atoms with van der Waals surface area (Å²) in [5, 5.41) is 16.3. The van der Waals surface area contributed by atoms with Crippen LogP contribution < -0.4 is 20.4 Å². The van der Waals surface area contributed by atoms with Gasteiger partial charge in [-0.3, -0.25) is 0 Å². The summed E-state index contributed by atoms with van der Waals surface area (Å²) in [7, 11) is 0. The van der Waals surface area contributed by atoms with E-state index in [1.165, 1.54) is 35.6 Å². The number of hydrogen-bond acceptors (Lipinski definition) is 8. The smallest absolute Gasteiger partial charge is 0.491 e. The maximum absolute atomic E-state index is 12.7. The van der Waals surface area contributed by atoms with Gasteiger partial charge in [0, 0.05) is 41.6 Å². The van der Waals surface area contributed by atoms with Gasteiger partial charge >= 0.3 is 12.0 Å². The SMILES string of the molecule is Cc1c(Cc2ccc(OC(F)(F)F)cc2)c(=O)oc2cc(OCC(O)CNc3nccs3)ccc12. The number of aliphatic hydroxyl groups excluding tert-OH is 1. The molecule has 0 spiro atoms. The molecule has 4 aromatic rings. The van der Waals surface area contributed by atoms with E-state index in [1.807, 2.05) is 5.38 Å². The normalized spacial score (nSPS) is 12.5. The van der Waals surface area contributed by atoms with Crippen molar-refractivity contribution in [1.29, 1.82) is 0 Å². The van der Waals surface area contributed by atoms with Gasteiger partial charge < -0.3 is 24.3 Å². The highest BCUT2D eigenvalue weighted by molar-refractivity contribution is 7.13. The lowest BCUT2D eigenvalue weighted by Crippen LogP contribution is -2.26. The van der Waals surface area contributed by atoms with Crippen LogP contribution in [0.3, 0.4) is 0 Å². The summed E-state index contributed by atoms with van der Waals surface area (Å²) in [5.41, 5.74) is 1.52. The lowest BCUT2D eigenvalue weighted by molar-refractivity contribution is -0.274. The first kappa shape index (κ1) is 24.6. The van der Waals surface area contributed by atoms with Crippen molar-refractivity contribution in [3.05, 3.63) is 81.2 Å². The second kappa shape index (κ2) is 10.4. The molecular formula is C24H21F3N2O5S. The van der Waals surface area contributed by atoms with Crippen LogP contribution in [0, 0.1) is 6.92 Å². The Labute approximate surface area is 201 Å². The second-order valence-corrected chi connectivity index (χ2v) is 8.60. The first-order chi connectivity index (χ1) is 16.7. The highest BCUT2D eigenvalue weighted by Crippen LogP contribution is 2.27. The Kier molecular flexibility index (Phi) is 7.27. The van der Waals surface area contributed by atoms with Crippen molar-refractivity contribution in [2.45, 2.75) is 25.8 Å². The molecule has 11 heteroatoms. The molecule has 184 valence electrons. The number of alkyl halides is 3. The van der Waals surface area contributed by atoms with Crippen LogP contribution in [0.4, 0.5) is 18.3 Å². The minimum Gasteiger partial charge on any atom is -0.491 e. The number of nitrogens with zero attached hydrogens (tertiary/aromatic N) is 1. The van der Waals surface area contributed by atoms with Crippen LogP contribution in [0.25, 0.3) is 11.0 Å². The first-order valence-corrected chi connectivity index (χ1v) is 11.4. The molecule has 0 amide bonds. The minimum atomic E-state index is -4.77. The molecule has 2 aromatic carbocycles. The summed E-state index contributed by atoms with van der Waals surface area (Å²) in [4.78, 5) is 16.7. The molecule has 0 aliphatic carbocycles. The third kappa shape index (κ3) is 6.52. The van der Waals surface area contributed by atoms with Gasteiger partial charge in [0.25, 0.3) is 0 Å². The van der Waals surface area contributed by atoms with E-state index in [0.29, 0.717) is 38.5 Å². The van der Waals surface area contributed by atoms with Gasteiger partial charge in [-0.25, -0.2) is 9.78 Å². The fourth-order valence-corrected chi connectivity index (χ4v) is 3.99. The van der Waals surface area contributed by atoms with Gasteiger partial charge in [0.2, 0.25) is 0 Å². The van der Waals surface area contributed by atoms with Crippen molar-refractivity contribution in [3.63, 3.8) is 0 Å². The predicted molar refractivity (Wildman–Crippen MR) is 125 cm³/mol. The maximum atomic E-state index is 12.7. The molecule has 0 aliphatic heterocycles. The van der Waals surface area contributed by atoms with Gasteiger partial charge in [0.1, 0.15) is 29.8 Å². The Bertz CT molecular complexity index is 1340. The van der Waals surface area contributed by atoms with Crippen LogP contribution in [-0.2, 0) is 6.42 Å². The number of benzene rings is 2. The Balaban J connectivity index is 1.43. The Morgan fingerprint density at radius 1 is 1.17 bits per heavy atom. The molecule has 4 rings (SSSR count). The van der Waals surface area contributed by atoms with E-state index in [9.17, 15) is 23.1 Å². The number of aliphatic hydroxyl groups is 1. The second-order valence-electron chi connectivity index (χ2n) is 7.70. The molecule has 0 saturated carbocycles.